The molecule has 1 atom stereocenters. The number of aryl methyl sites for hydroxylation is 2. The lowest BCUT2D eigenvalue weighted by Crippen LogP contribution is -2.47. The van der Waals surface area contributed by atoms with Crippen LogP contribution in [0.2, 0.25) is 0 Å². The summed E-state index contributed by atoms with van der Waals surface area (Å²) in [5, 5.41) is 0. The maximum absolute atomic E-state index is 12.0. The van der Waals surface area contributed by atoms with Crippen LogP contribution in [0, 0.1) is 13.8 Å². The van der Waals surface area contributed by atoms with Crippen LogP contribution in [0.25, 0.3) is 0 Å². The van der Waals surface area contributed by atoms with Crippen molar-refractivity contribution in [2.45, 2.75) is 26.9 Å². The average Bonchev–Trinajstić information content (AvgIpc) is 2.56. The SMILES string of the molecule is Cc1ccc(OC(C)C(=O)NNC(=O)c2ccc(C)c(Br)c2)cc1. The summed E-state index contributed by atoms with van der Waals surface area (Å²) in [4.78, 5) is 24.1. The van der Waals surface area contributed by atoms with Crippen LogP contribution in [0.1, 0.15) is 28.4 Å². The summed E-state index contributed by atoms with van der Waals surface area (Å²) in [6, 6.07) is 12.6. The highest BCUT2D eigenvalue weighted by molar-refractivity contribution is 9.10. The van der Waals surface area contributed by atoms with Crippen LogP contribution >= 0.6 is 15.9 Å². The molecule has 0 bridgehead atoms. The van der Waals surface area contributed by atoms with Crippen LogP contribution < -0.4 is 15.6 Å². The van der Waals surface area contributed by atoms with Crippen LogP contribution in [0.4, 0.5) is 0 Å². The van der Waals surface area contributed by atoms with Gasteiger partial charge in [-0.15, -0.1) is 0 Å². The molecule has 0 fully saturated rings. The smallest absolute Gasteiger partial charge is 0.279 e. The quantitative estimate of drug-likeness (QED) is 0.786. The highest BCUT2D eigenvalue weighted by Gasteiger charge is 2.16. The zero-order chi connectivity index (χ0) is 17.7. The summed E-state index contributed by atoms with van der Waals surface area (Å²) in [5.41, 5.74) is 7.33. The topological polar surface area (TPSA) is 67.4 Å². The van der Waals surface area contributed by atoms with E-state index in [2.05, 4.69) is 26.8 Å². The highest BCUT2D eigenvalue weighted by atomic mass is 79.9. The second-order valence-electron chi connectivity index (χ2n) is 5.48. The van der Waals surface area contributed by atoms with Gasteiger partial charge in [0.2, 0.25) is 0 Å². The van der Waals surface area contributed by atoms with E-state index in [9.17, 15) is 9.59 Å². The molecule has 24 heavy (non-hydrogen) atoms. The van der Waals surface area contributed by atoms with Crippen molar-refractivity contribution < 1.29 is 14.3 Å². The lowest BCUT2D eigenvalue weighted by molar-refractivity contribution is -0.128. The summed E-state index contributed by atoms with van der Waals surface area (Å²) in [6.07, 6.45) is -0.738. The fraction of sp³-hybridized carbons (Fsp3) is 0.222. The van der Waals surface area contributed by atoms with Gasteiger partial charge in [-0.2, -0.15) is 0 Å². The predicted octanol–water partition coefficient (Wildman–Crippen LogP) is 3.29. The molecule has 2 aromatic rings. The minimum Gasteiger partial charge on any atom is -0.481 e. The Hall–Kier alpha value is -2.34. The van der Waals surface area contributed by atoms with Crippen molar-refractivity contribution in [2.75, 3.05) is 0 Å². The Kier molecular flexibility index (Phi) is 5.98. The van der Waals surface area contributed by atoms with Crippen molar-refractivity contribution >= 4 is 27.7 Å². The van der Waals surface area contributed by atoms with Gasteiger partial charge in [0.15, 0.2) is 6.10 Å². The molecule has 0 saturated carbocycles. The molecule has 2 rings (SSSR count). The number of carbonyl (C=O) groups is 2. The first-order valence-corrected chi connectivity index (χ1v) is 8.26. The van der Waals surface area contributed by atoms with Crippen molar-refractivity contribution in [2.24, 2.45) is 0 Å². The Bertz CT molecular complexity index is 744. The fourth-order valence-electron chi connectivity index (χ4n) is 1.90. The Morgan fingerprint density at radius 2 is 1.71 bits per heavy atom. The molecule has 6 heteroatoms. The number of benzene rings is 2. The molecular weight excluding hydrogens is 372 g/mol. The van der Waals surface area contributed by atoms with Crippen molar-refractivity contribution in [1.29, 1.82) is 0 Å². The number of ether oxygens (including phenoxy) is 1. The fourth-order valence-corrected chi connectivity index (χ4v) is 2.28. The summed E-state index contributed by atoms with van der Waals surface area (Å²) in [6.45, 7) is 5.51. The van der Waals surface area contributed by atoms with Gasteiger partial charge in [0.25, 0.3) is 11.8 Å². The van der Waals surface area contributed by atoms with Gasteiger partial charge in [0, 0.05) is 10.0 Å². The summed E-state index contributed by atoms with van der Waals surface area (Å²) >= 11 is 3.37. The van der Waals surface area contributed by atoms with Crippen molar-refractivity contribution in [3.8, 4) is 5.75 Å². The van der Waals surface area contributed by atoms with E-state index in [1.54, 1.807) is 31.2 Å². The van der Waals surface area contributed by atoms with Gasteiger partial charge >= 0.3 is 0 Å². The van der Waals surface area contributed by atoms with Gasteiger partial charge in [-0.1, -0.05) is 39.7 Å². The van der Waals surface area contributed by atoms with Crippen LogP contribution in [0.5, 0.6) is 5.75 Å². The summed E-state index contributed by atoms with van der Waals surface area (Å²) in [7, 11) is 0. The molecule has 2 N–H and O–H groups in total. The largest absolute Gasteiger partial charge is 0.481 e. The molecule has 0 spiro atoms. The number of hydrogen-bond acceptors (Lipinski definition) is 3. The van der Waals surface area contributed by atoms with Crippen LogP contribution in [0.3, 0.4) is 0 Å². The first-order chi connectivity index (χ1) is 11.4. The molecule has 0 aliphatic heterocycles. The summed E-state index contributed by atoms with van der Waals surface area (Å²) in [5.74, 6) is -0.237. The van der Waals surface area contributed by atoms with Crippen molar-refractivity contribution in [1.82, 2.24) is 10.9 Å². The van der Waals surface area contributed by atoms with Crippen LogP contribution in [-0.4, -0.2) is 17.9 Å². The second-order valence-corrected chi connectivity index (χ2v) is 6.33. The van der Waals surface area contributed by atoms with Gasteiger partial charge in [0.05, 0.1) is 0 Å². The number of amides is 2. The van der Waals surface area contributed by atoms with Gasteiger partial charge in [-0.25, -0.2) is 0 Å². The zero-order valence-electron chi connectivity index (χ0n) is 13.7. The Morgan fingerprint density at radius 3 is 2.33 bits per heavy atom. The third kappa shape index (κ3) is 4.83. The number of rotatable bonds is 4. The van der Waals surface area contributed by atoms with E-state index in [1.807, 2.05) is 32.0 Å². The number of hydrogen-bond donors (Lipinski definition) is 2. The van der Waals surface area contributed by atoms with Gasteiger partial charge in [0.1, 0.15) is 5.75 Å². The minimum atomic E-state index is -0.738. The predicted molar refractivity (Wildman–Crippen MR) is 95.8 cm³/mol. The number of halogens is 1. The maximum Gasteiger partial charge on any atom is 0.279 e. The summed E-state index contributed by atoms with van der Waals surface area (Å²) < 4.78 is 6.36. The lowest BCUT2D eigenvalue weighted by atomic mass is 10.1. The zero-order valence-corrected chi connectivity index (χ0v) is 15.3. The number of hydrazine groups is 1. The van der Waals surface area contributed by atoms with Crippen molar-refractivity contribution in [3.63, 3.8) is 0 Å². The second kappa shape index (κ2) is 7.97. The first-order valence-electron chi connectivity index (χ1n) is 7.46. The van der Waals surface area contributed by atoms with E-state index in [4.69, 9.17) is 4.74 Å². The molecule has 0 heterocycles. The Balaban J connectivity index is 1.88. The Morgan fingerprint density at radius 1 is 1.04 bits per heavy atom. The molecular formula is C18H19BrN2O3. The van der Waals surface area contributed by atoms with Crippen LogP contribution in [-0.2, 0) is 4.79 Å². The molecule has 0 saturated heterocycles. The molecule has 2 aromatic carbocycles. The number of carbonyl (C=O) groups excluding carboxylic acids is 2. The monoisotopic (exact) mass is 390 g/mol. The molecule has 0 aliphatic rings. The third-order valence-corrected chi connectivity index (χ3v) is 4.29. The number of nitrogens with one attached hydrogen (secondary N) is 2. The van der Waals surface area contributed by atoms with Crippen LogP contribution in [0.15, 0.2) is 46.9 Å². The van der Waals surface area contributed by atoms with E-state index in [-0.39, 0.29) is 0 Å². The van der Waals surface area contributed by atoms with E-state index < -0.39 is 17.9 Å². The molecule has 0 radical (unpaired) electrons. The molecule has 2 amide bonds. The highest BCUT2D eigenvalue weighted by Crippen LogP contribution is 2.17. The standard InChI is InChI=1S/C18H19BrN2O3/c1-11-4-8-15(9-5-11)24-13(3)17(22)20-21-18(23)14-7-6-12(2)16(19)10-14/h4-10,13H,1-3H3,(H,20,22)(H,21,23). The molecule has 1 unspecified atom stereocenters. The van der Waals surface area contributed by atoms with Gasteiger partial charge in [-0.05, 0) is 50.6 Å². The lowest BCUT2D eigenvalue weighted by Gasteiger charge is -2.15. The van der Waals surface area contributed by atoms with E-state index in [0.717, 1.165) is 15.6 Å². The maximum atomic E-state index is 12.0. The molecule has 126 valence electrons. The molecule has 5 nitrogen and oxygen atoms in total. The van der Waals surface area contributed by atoms with Crippen molar-refractivity contribution in [3.05, 3.63) is 63.6 Å². The van der Waals surface area contributed by atoms with E-state index in [0.29, 0.717) is 11.3 Å². The molecule has 0 aliphatic carbocycles. The minimum absolute atomic E-state index is 0.397. The van der Waals surface area contributed by atoms with E-state index >= 15 is 0 Å². The molecule has 0 aromatic heterocycles. The van der Waals surface area contributed by atoms with E-state index in [1.165, 1.54) is 0 Å². The normalized spacial score (nSPS) is 11.5. The van der Waals surface area contributed by atoms with Gasteiger partial charge < -0.3 is 4.74 Å². The third-order valence-electron chi connectivity index (χ3n) is 3.44. The average molecular weight is 391 g/mol. The van der Waals surface area contributed by atoms with Gasteiger partial charge in [-0.3, -0.25) is 20.4 Å². The first kappa shape index (κ1) is 18.0. The Labute approximate surface area is 149 Å².